The van der Waals surface area contributed by atoms with E-state index in [1.54, 1.807) is 7.11 Å². The molecule has 1 aromatic heterocycles. The third-order valence-corrected chi connectivity index (χ3v) is 2.40. The summed E-state index contributed by atoms with van der Waals surface area (Å²) in [6, 6.07) is 0. The molecule has 1 aromatic rings. The molecule has 0 saturated heterocycles. The Morgan fingerprint density at radius 3 is 2.69 bits per heavy atom. The van der Waals surface area contributed by atoms with Crippen molar-refractivity contribution in [3.05, 3.63) is 11.9 Å². The molecular weight excluding hydrogens is 204 g/mol. The van der Waals surface area contributed by atoms with Crippen LogP contribution in [0.1, 0.15) is 18.9 Å². The van der Waals surface area contributed by atoms with Crippen molar-refractivity contribution in [1.29, 1.82) is 0 Å². The maximum absolute atomic E-state index is 5.60. The molecule has 0 spiro atoms. The molecule has 0 aliphatic rings. The van der Waals surface area contributed by atoms with Crippen LogP contribution < -0.4 is 15.4 Å². The molecule has 2 N–H and O–H groups in total. The van der Waals surface area contributed by atoms with Gasteiger partial charge in [0.1, 0.15) is 12.1 Å². The van der Waals surface area contributed by atoms with Gasteiger partial charge in [0.25, 0.3) is 0 Å². The van der Waals surface area contributed by atoms with E-state index in [4.69, 9.17) is 10.5 Å². The van der Waals surface area contributed by atoms with E-state index in [0.717, 1.165) is 30.9 Å². The van der Waals surface area contributed by atoms with Crippen molar-refractivity contribution in [1.82, 2.24) is 9.97 Å². The van der Waals surface area contributed by atoms with Crippen LogP contribution in [0.5, 0.6) is 5.88 Å². The van der Waals surface area contributed by atoms with Crippen LogP contribution in [0.25, 0.3) is 0 Å². The normalized spacial score (nSPS) is 10.2. The molecule has 0 atom stereocenters. The van der Waals surface area contributed by atoms with E-state index in [1.165, 1.54) is 6.33 Å². The molecule has 0 amide bonds. The summed E-state index contributed by atoms with van der Waals surface area (Å²) in [6.07, 6.45) is 2.59. The largest absolute Gasteiger partial charge is 0.481 e. The van der Waals surface area contributed by atoms with Crippen molar-refractivity contribution < 1.29 is 4.74 Å². The van der Waals surface area contributed by atoms with E-state index in [9.17, 15) is 0 Å². The first-order valence-electron chi connectivity index (χ1n) is 5.55. The maximum atomic E-state index is 5.60. The third kappa shape index (κ3) is 2.82. The first-order valence-corrected chi connectivity index (χ1v) is 5.55. The Hall–Kier alpha value is -1.36. The number of aromatic nitrogens is 2. The molecule has 16 heavy (non-hydrogen) atoms. The monoisotopic (exact) mass is 224 g/mol. The average molecular weight is 224 g/mol. The van der Waals surface area contributed by atoms with E-state index in [2.05, 4.69) is 21.8 Å². The lowest BCUT2D eigenvalue weighted by molar-refractivity contribution is 0.393. The second-order valence-corrected chi connectivity index (χ2v) is 3.61. The molecule has 0 aliphatic carbocycles. The number of hydrogen-bond acceptors (Lipinski definition) is 5. The maximum Gasteiger partial charge on any atom is 0.221 e. The first-order chi connectivity index (χ1) is 7.74. The number of methoxy groups -OCH3 is 1. The van der Waals surface area contributed by atoms with Crippen LogP contribution in [0.3, 0.4) is 0 Å². The van der Waals surface area contributed by atoms with Crippen LogP contribution in [0.2, 0.25) is 0 Å². The third-order valence-electron chi connectivity index (χ3n) is 2.40. The van der Waals surface area contributed by atoms with E-state index in [0.29, 0.717) is 12.4 Å². The zero-order valence-corrected chi connectivity index (χ0v) is 10.2. The van der Waals surface area contributed by atoms with Crippen LogP contribution in [0.15, 0.2) is 6.33 Å². The Kier molecular flexibility index (Phi) is 4.98. The second-order valence-electron chi connectivity index (χ2n) is 3.61. The summed E-state index contributed by atoms with van der Waals surface area (Å²) >= 11 is 0. The van der Waals surface area contributed by atoms with Gasteiger partial charge in [-0.25, -0.2) is 9.97 Å². The minimum absolute atomic E-state index is 0.617. The molecule has 0 radical (unpaired) electrons. The quantitative estimate of drug-likeness (QED) is 0.780. The smallest absolute Gasteiger partial charge is 0.221 e. The van der Waals surface area contributed by atoms with Crippen molar-refractivity contribution in [3.63, 3.8) is 0 Å². The molecule has 5 nitrogen and oxygen atoms in total. The van der Waals surface area contributed by atoms with Gasteiger partial charge in [0, 0.05) is 19.6 Å². The Balaban J connectivity index is 2.98. The van der Waals surface area contributed by atoms with Gasteiger partial charge < -0.3 is 15.4 Å². The lowest BCUT2D eigenvalue weighted by atomic mass is 10.3. The van der Waals surface area contributed by atoms with E-state index >= 15 is 0 Å². The van der Waals surface area contributed by atoms with Crippen LogP contribution in [0.4, 0.5) is 5.82 Å². The van der Waals surface area contributed by atoms with Crippen LogP contribution in [0, 0.1) is 6.92 Å². The van der Waals surface area contributed by atoms with Crippen molar-refractivity contribution in [2.75, 3.05) is 31.6 Å². The second kappa shape index (κ2) is 6.27. The summed E-state index contributed by atoms with van der Waals surface area (Å²) < 4.78 is 5.18. The molecule has 0 unspecified atom stereocenters. The van der Waals surface area contributed by atoms with Gasteiger partial charge in [-0.1, -0.05) is 6.92 Å². The minimum Gasteiger partial charge on any atom is -0.481 e. The highest BCUT2D eigenvalue weighted by Crippen LogP contribution is 2.23. The Morgan fingerprint density at radius 1 is 1.38 bits per heavy atom. The summed E-state index contributed by atoms with van der Waals surface area (Å²) in [4.78, 5) is 10.5. The summed E-state index contributed by atoms with van der Waals surface area (Å²) in [5.41, 5.74) is 6.57. The molecule has 0 saturated carbocycles. The lowest BCUT2D eigenvalue weighted by Crippen LogP contribution is -2.31. The lowest BCUT2D eigenvalue weighted by Gasteiger charge is -2.24. The van der Waals surface area contributed by atoms with Gasteiger partial charge in [0.05, 0.1) is 12.7 Å². The Labute approximate surface area is 96.6 Å². The van der Waals surface area contributed by atoms with E-state index in [-0.39, 0.29) is 0 Å². The molecule has 0 aromatic carbocycles. The van der Waals surface area contributed by atoms with Crippen molar-refractivity contribution in [2.24, 2.45) is 5.73 Å². The standard InChI is InChI=1S/C11H20N4O/c1-4-6-15(7-5-12)10-9(2)11(16-3)14-8-13-10/h8H,4-7,12H2,1-3H3. The van der Waals surface area contributed by atoms with E-state index in [1.807, 2.05) is 6.92 Å². The molecule has 5 heteroatoms. The number of rotatable bonds is 6. The SMILES string of the molecule is CCCN(CCN)c1ncnc(OC)c1C. The summed E-state index contributed by atoms with van der Waals surface area (Å²) in [5.74, 6) is 1.54. The van der Waals surface area contributed by atoms with Crippen molar-refractivity contribution in [2.45, 2.75) is 20.3 Å². The van der Waals surface area contributed by atoms with Crippen LogP contribution >= 0.6 is 0 Å². The molecule has 90 valence electrons. The van der Waals surface area contributed by atoms with Gasteiger partial charge in [0.2, 0.25) is 5.88 Å². The minimum atomic E-state index is 0.617. The van der Waals surface area contributed by atoms with Gasteiger partial charge >= 0.3 is 0 Å². The number of hydrogen-bond donors (Lipinski definition) is 1. The van der Waals surface area contributed by atoms with Crippen molar-refractivity contribution in [3.8, 4) is 5.88 Å². The van der Waals surface area contributed by atoms with Gasteiger partial charge in [-0.15, -0.1) is 0 Å². The molecular formula is C11H20N4O. The fourth-order valence-electron chi connectivity index (χ4n) is 1.70. The van der Waals surface area contributed by atoms with Gasteiger partial charge in [0.15, 0.2) is 0 Å². The predicted molar refractivity (Wildman–Crippen MR) is 64.9 cm³/mol. The fourth-order valence-corrected chi connectivity index (χ4v) is 1.70. The highest BCUT2D eigenvalue weighted by atomic mass is 16.5. The fraction of sp³-hybridized carbons (Fsp3) is 0.636. The first kappa shape index (κ1) is 12.7. The van der Waals surface area contributed by atoms with E-state index < -0.39 is 0 Å². The van der Waals surface area contributed by atoms with Crippen LogP contribution in [-0.4, -0.2) is 36.7 Å². The van der Waals surface area contributed by atoms with Gasteiger partial charge in [-0.05, 0) is 13.3 Å². The van der Waals surface area contributed by atoms with Gasteiger partial charge in [-0.3, -0.25) is 0 Å². The molecule has 0 fully saturated rings. The topological polar surface area (TPSA) is 64.3 Å². The average Bonchev–Trinajstić information content (AvgIpc) is 2.29. The van der Waals surface area contributed by atoms with Crippen molar-refractivity contribution >= 4 is 5.82 Å². The summed E-state index contributed by atoms with van der Waals surface area (Å²) in [5, 5.41) is 0. The zero-order chi connectivity index (χ0) is 12.0. The number of anilines is 1. The molecule has 0 bridgehead atoms. The van der Waals surface area contributed by atoms with Crippen LogP contribution in [-0.2, 0) is 0 Å². The molecule has 0 aliphatic heterocycles. The predicted octanol–water partition coefficient (Wildman–Crippen LogP) is 0.969. The molecule has 1 rings (SSSR count). The molecule has 1 heterocycles. The number of nitrogens with zero attached hydrogens (tertiary/aromatic N) is 3. The summed E-state index contributed by atoms with van der Waals surface area (Å²) in [7, 11) is 1.62. The highest BCUT2D eigenvalue weighted by molar-refractivity contribution is 5.50. The Morgan fingerprint density at radius 2 is 2.12 bits per heavy atom. The zero-order valence-electron chi connectivity index (χ0n) is 10.2. The number of ether oxygens (including phenoxy) is 1. The highest BCUT2D eigenvalue weighted by Gasteiger charge is 2.13. The summed E-state index contributed by atoms with van der Waals surface area (Å²) in [6.45, 7) is 6.46. The van der Waals surface area contributed by atoms with Gasteiger partial charge in [-0.2, -0.15) is 0 Å². The Bertz CT molecular complexity index is 324. The number of nitrogens with two attached hydrogens (primary N) is 1.